The summed E-state index contributed by atoms with van der Waals surface area (Å²) in [7, 11) is 0. The zero-order chi connectivity index (χ0) is 12.8. The van der Waals surface area contributed by atoms with Crippen LogP contribution in [0.3, 0.4) is 0 Å². The summed E-state index contributed by atoms with van der Waals surface area (Å²) in [4.78, 5) is 0. The Labute approximate surface area is 112 Å². The lowest BCUT2D eigenvalue weighted by Gasteiger charge is -2.40. The molecule has 0 aliphatic heterocycles. The van der Waals surface area contributed by atoms with Gasteiger partial charge in [-0.05, 0) is 50.1 Å². The fourth-order valence-corrected chi connectivity index (χ4v) is 3.18. The van der Waals surface area contributed by atoms with Crippen molar-refractivity contribution in [2.75, 3.05) is 13.1 Å². The molecule has 18 heavy (non-hydrogen) atoms. The van der Waals surface area contributed by atoms with Crippen molar-refractivity contribution in [2.24, 2.45) is 5.92 Å². The van der Waals surface area contributed by atoms with Gasteiger partial charge in [-0.15, -0.1) is 0 Å². The lowest BCUT2D eigenvalue weighted by molar-refractivity contribution is 0.234. The summed E-state index contributed by atoms with van der Waals surface area (Å²) in [5.41, 5.74) is 1.93. The van der Waals surface area contributed by atoms with Gasteiger partial charge in [-0.25, -0.2) is 0 Å². The van der Waals surface area contributed by atoms with E-state index in [1.165, 1.54) is 32.1 Å². The molecule has 1 aliphatic rings. The normalized spacial score (nSPS) is 28.2. The summed E-state index contributed by atoms with van der Waals surface area (Å²) < 4.78 is 0. The molecule has 1 heteroatoms. The van der Waals surface area contributed by atoms with Crippen LogP contribution in [0.4, 0.5) is 0 Å². The minimum absolute atomic E-state index is 0.392. The summed E-state index contributed by atoms with van der Waals surface area (Å²) in [6.07, 6.45) is 6.66. The molecule has 0 saturated heterocycles. The van der Waals surface area contributed by atoms with E-state index in [-0.39, 0.29) is 0 Å². The van der Waals surface area contributed by atoms with E-state index in [0.29, 0.717) is 5.41 Å². The monoisotopic (exact) mass is 245 g/mol. The van der Waals surface area contributed by atoms with E-state index in [2.05, 4.69) is 49.5 Å². The molecule has 1 nitrogen and oxygen atoms in total. The maximum atomic E-state index is 3.66. The molecule has 0 heterocycles. The average Bonchev–Trinajstić information content (AvgIpc) is 2.43. The predicted octanol–water partition coefficient (Wildman–Crippen LogP) is 4.13. The molecule has 0 atom stereocenters. The molecule has 0 amide bonds. The van der Waals surface area contributed by atoms with Crippen molar-refractivity contribution in [1.29, 1.82) is 0 Å². The predicted molar refractivity (Wildman–Crippen MR) is 78.9 cm³/mol. The number of rotatable bonds is 5. The highest BCUT2D eigenvalue weighted by Crippen LogP contribution is 2.41. The number of hydrogen-bond acceptors (Lipinski definition) is 1. The Morgan fingerprint density at radius 1 is 1.17 bits per heavy atom. The van der Waals surface area contributed by atoms with E-state index in [1.807, 2.05) is 0 Å². The Morgan fingerprint density at radius 3 is 2.44 bits per heavy atom. The number of hydrogen-bond donors (Lipinski definition) is 1. The second kappa shape index (κ2) is 6.38. The van der Waals surface area contributed by atoms with Crippen LogP contribution in [-0.4, -0.2) is 13.1 Å². The van der Waals surface area contributed by atoms with Crippen LogP contribution in [0, 0.1) is 5.92 Å². The van der Waals surface area contributed by atoms with Crippen molar-refractivity contribution in [3.63, 3.8) is 0 Å². The molecule has 100 valence electrons. The first-order chi connectivity index (χ1) is 8.77. The Morgan fingerprint density at radius 2 is 1.83 bits per heavy atom. The molecule has 0 bridgehead atoms. The molecule has 1 fully saturated rings. The minimum atomic E-state index is 0.392. The van der Waals surface area contributed by atoms with E-state index >= 15 is 0 Å². The quantitative estimate of drug-likeness (QED) is 0.769. The molecule has 0 aromatic heterocycles. The Kier molecular flexibility index (Phi) is 4.82. The van der Waals surface area contributed by atoms with Crippen LogP contribution in [-0.2, 0) is 5.41 Å². The summed E-state index contributed by atoms with van der Waals surface area (Å²) in [5, 5.41) is 3.66. The van der Waals surface area contributed by atoms with Crippen molar-refractivity contribution in [1.82, 2.24) is 5.32 Å². The van der Waals surface area contributed by atoms with Crippen molar-refractivity contribution < 1.29 is 0 Å². The highest BCUT2D eigenvalue weighted by Gasteiger charge is 2.35. The molecule has 1 aromatic carbocycles. The van der Waals surface area contributed by atoms with E-state index < -0.39 is 0 Å². The van der Waals surface area contributed by atoms with Crippen LogP contribution in [0.15, 0.2) is 30.3 Å². The first kappa shape index (κ1) is 13.6. The van der Waals surface area contributed by atoms with Crippen molar-refractivity contribution in [3.8, 4) is 0 Å². The molecule has 1 aliphatic carbocycles. The fraction of sp³-hybridized carbons (Fsp3) is 0.647. The van der Waals surface area contributed by atoms with E-state index in [1.54, 1.807) is 5.56 Å². The topological polar surface area (TPSA) is 12.0 Å². The van der Waals surface area contributed by atoms with Crippen LogP contribution < -0.4 is 5.32 Å². The van der Waals surface area contributed by atoms with Gasteiger partial charge in [-0.3, -0.25) is 0 Å². The van der Waals surface area contributed by atoms with Gasteiger partial charge in [0.25, 0.3) is 0 Å². The standard InChI is InChI=1S/C17H27N/c1-3-13-18-14-17(11-9-15(2)10-12-17)16-7-5-4-6-8-16/h4-8,15,18H,3,9-14H2,1-2H3. The molecule has 2 rings (SSSR count). The molecule has 0 spiro atoms. The van der Waals surface area contributed by atoms with Crippen LogP contribution in [0.5, 0.6) is 0 Å². The van der Waals surface area contributed by atoms with Crippen molar-refractivity contribution >= 4 is 0 Å². The van der Waals surface area contributed by atoms with Crippen LogP contribution in [0.1, 0.15) is 51.5 Å². The lowest BCUT2D eigenvalue weighted by atomic mass is 9.67. The summed E-state index contributed by atoms with van der Waals surface area (Å²) in [6.45, 7) is 6.93. The second-order valence-electron chi connectivity index (χ2n) is 6.01. The zero-order valence-corrected chi connectivity index (χ0v) is 11.9. The summed E-state index contributed by atoms with van der Waals surface area (Å²) in [6, 6.07) is 11.2. The minimum Gasteiger partial charge on any atom is -0.316 e. The second-order valence-corrected chi connectivity index (χ2v) is 6.01. The highest BCUT2D eigenvalue weighted by atomic mass is 14.9. The van der Waals surface area contributed by atoms with Gasteiger partial charge in [0.15, 0.2) is 0 Å². The molecule has 1 aromatic rings. The van der Waals surface area contributed by atoms with Gasteiger partial charge in [0.1, 0.15) is 0 Å². The zero-order valence-electron chi connectivity index (χ0n) is 11.9. The summed E-state index contributed by atoms with van der Waals surface area (Å²) >= 11 is 0. The van der Waals surface area contributed by atoms with Gasteiger partial charge in [0.05, 0.1) is 0 Å². The molecular formula is C17H27N. The number of benzene rings is 1. The molecule has 0 radical (unpaired) electrons. The third-order valence-corrected chi connectivity index (χ3v) is 4.51. The molecule has 1 N–H and O–H groups in total. The Balaban J connectivity index is 2.12. The largest absolute Gasteiger partial charge is 0.316 e. The highest BCUT2D eigenvalue weighted by molar-refractivity contribution is 5.26. The van der Waals surface area contributed by atoms with Gasteiger partial charge < -0.3 is 5.32 Å². The van der Waals surface area contributed by atoms with Gasteiger partial charge in [0.2, 0.25) is 0 Å². The number of nitrogens with one attached hydrogen (secondary N) is 1. The fourth-order valence-electron chi connectivity index (χ4n) is 3.18. The van der Waals surface area contributed by atoms with Gasteiger partial charge in [0, 0.05) is 12.0 Å². The maximum absolute atomic E-state index is 3.66. The molecule has 1 saturated carbocycles. The molecular weight excluding hydrogens is 218 g/mol. The van der Waals surface area contributed by atoms with Gasteiger partial charge in [-0.2, -0.15) is 0 Å². The van der Waals surface area contributed by atoms with E-state index in [0.717, 1.165) is 19.0 Å². The van der Waals surface area contributed by atoms with Crippen molar-refractivity contribution in [2.45, 2.75) is 51.4 Å². The average molecular weight is 245 g/mol. The van der Waals surface area contributed by atoms with Crippen molar-refractivity contribution in [3.05, 3.63) is 35.9 Å². The SMILES string of the molecule is CCCNCC1(c2ccccc2)CCC(C)CC1. The van der Waals surface area contributed by atoms with Gasteiger partial charge in [-0.1, -0.05) is 44.2 Å². The Bertz CT molecular complexity index is 336. The Hall–Kier alpha value is -0.820. The molecule has 0 unspecified atom stereocenters. The first-order valence-corrected chi connectivity index (χ1v) is 7.53. The third kappa shape index (κ3) is 3.14. The smallest absolute Gasteiger partial charge is 0.00779 e. The lowest BCUT2D eigenvalue weighted by Crippen LogP contribution is -2.41. The van der Waals surface area contributed by atoms with Crippen LogP contribution >= 0.6 is 0 Å². The van der Waals surface area contributed by atoms with Crippen LogP contribution in [0.25, 0.3) is 0 Å². The van der Waals surface area contributed by atoms with Gasteiger partial charge >= 0.3 is 0 Å². The van der Waals surface area contributed by atoms with E-state index in [4.69, 9.17) is 0 Å². The first-order valence-electron chi connectivity index (χ1n) is 7.53. The third-order valence-electron chi connectivity index (χ3n) is 4.51. The van der Waals surface area contributed by atoms with Crippen LogP contribution in [0.2, 0.25) is 0 Å². The summed E-state index contributed by atoms with van der Waals surface area (Å²) in [5.74, 6) is 0.910. The van der Waals surface area contributed by atoms with E-state index in [9.17, 15) is 0 Å². The maximum Gasteiger partial charge on any atom is 0.00779 e.